The van der Waals surface area contributed by atoms with Crippen molar-refractivity contribution in [2.45, 2.75) is 33.6 Å². The molecule has 0 amide bonds. The largest absolute Gasteiger partial charge is 0.228 e. The summed E-state index contributed by atoms with van der Waals surface area (Å²) in [6.45, 7) is 7.87. The summed E-state index contributed by atoms with van der Waals surface area (Å²) in [5, 5.41) is -0.300. The topological polar surface area (TPSA) is 37.4 Å². The number of alkyl halides is 1. The smallest absolute Gasteiger partial charge is 0.211 e. The van der Waals surface area contributed by atoms with Gasteiger partial charge in [-0.05, 0) is 24.2 Å². The molecule has 0 spiro atoms. The van der Waals surface area contributed by atoms with Crippen molar-refractivity contribution in [3.05, 3.63) is 0 Å². The van der Waals surface area contributed by atoms with Crippen molar-refractivity contribution in [3.8, 4) is 0 Å². The maximum absolute atomic E-state index is 11.5. The Hall–Kier alpha value is 0.200. The predicted molar refractivity (Wildman–Crippen MR) is 63.4 cm³/mol. The first-order chi connectivity index (χ1) is 6.82. The number of piperidine rings is 1. The van der Waals surface area contributed by atoms with Crippen molar-refractivity contribution < 1.29 is 8.42 Å². The van der Waals surface area contributed by atoms with Crippen LogP contribution in [0.2, 0.25) is 0 Å². The van der Waals surface area contributed by atoms with Gasteiger partial charge >= 0.3 is 0 Å². The summed E-state index contributed by atoms with van der Waals surface area (Å²) in [5.74, 6) is 0.596. The average Bonchev–Trinajstić information content (AvgIpc) is 2.18. The fraction of sp³-hybridized carbons (Fsp3) is 1.00. The second-order valence-electron chi connectivity index (χ2n) is 4.93. The maximum Gasteiger partial charge on any atom is 0.228 e. The van der Waals surface area contributed by atoms with Crippen molar-refractivity contribution in [1.82, 2.24) is 4.31 Å². The fourth-order valence-electron chi connectivity index (χ4n) is 1.92. The second-order valence-corrected chi connectivity index (χ2v) is 7.48. The molecule has 0 aromatic carbocycles. The lowest BCUT2D eigenvalue weighted by Gasteiger charge is -2.41. The fourth-order valence-corrected chi connectivity index (χ4v) is 3.21. The Bertz CT molecular complexity index is 305. The second kappa shape index (κ2) is 4.60. The van der Waals surface area contributed by atoms with Gasteiger partial charge in [-0.2, -0.15) is 0 Å². The predicted octanol–water partition coefficient (Wildman–Crippen LogP) is 2.27. The molecule has 0 aromatic heterocycles. The van der Waals surface area contributed by atoms with Gasteiger partial charge in [-0.15, -0.1) is 11.6 Å². The Morgan fingerprint density at radius 3 is 2.13 bits per heavy atom. The van der Waals surface area contributed by atoms with E-state index < -0.39 is 10.0 Å². The summed E-state index contributed by atoms with van der Waals surface area (Å²) in [6, 6.07) is 0. The molecule has 90 valence electrons. The first-order valence-corrected chi connectivity index (χ1v) is 7.50. The van der Waals surface area contributed by atoms with Crippen molar-refractivity contribution in [2.75, 3.05) is 18.3 Å². The van der Waals surface area contributed by atoms with Crippen LogP contribution in [0.25, 0.3) is 0 Å². The van der Waals surface area contributed by atoms with Crippen LogP contribution >= 0.6 is 11.6 Å². The summed E-state index contributed by atoms with van der Waals surface area (Å²) < 4.78 is 24.6. The molecule has 3 nitrogen and oxygen atoms in total. The van der Waals surface area contributed by atoms with Crippen LogP contribution in [0.5, 0.6) is 0 Å². The van der Waals surface area contributed by atoms with Crippen molar-refractivity contribution in [1.29, 1.82) is 0 Å². The normalized spacial score (nSPS) is 23.3. The molecule has 0 aromatic rings. The molecule has 1 aliphatic rings. The number of hydrogen-bond donors (Lipinski definition) is 0. The van der Waals surface area contributed by atoms with Crippen LogP contribution in [0.4, 0.5) is 0 Å². The highest BCUT2D eigenvalue weighted by molar-refractivity contribution is 7.90. The zero-order valence-electron chi connectivity index (χ0n) is 9.66. The minimum Gasteiger partial charge on any atom is -0.211 e. The number of hydrogen-bond acceptors (Lipinski definition) is 2. The lowest BCUT2D eigenvalue weighted by atomic mass is 9.72. The van der Waals surface area contributed by atoms with E-state index in [9.17, 15) is 8.42 Å². The Morgan fingerprint density at radius 1 is 1.33 bits per heavy atom. The molecule has 1 rings (SSSR count). The first-order valence-electron chi connectivity index (χ1n) is 5.35. The van der Waals surface area contributed by atoms with Crippen LogP contribution in [0.1, 0.15) is 33.6 Å². The van der Waals surface area contributed by atoms with Crippen molar-refractivity contribution in [3.63, 3.8) is 0 Å². The molecule has 0 saturated carbocycles. The lowest BCUT2D eigenvalue weighted by Crippen LogP contribution is -2.44. The molecular formula is C10H20ClNO2S. The van der Waals surface area contributed by atoms with Crippen molar-refractivity contribution in [2.24, 2.45) is 11.3 Å². The zero-order valence-corrected chi connectivity index (χ0v) is 11.2. The number of halogens is 1. The summed E-state index contributed by atoms with van der Waals surface area (Å²) in [7, 11) is -3.20. The SMILES string of the molecule is CC(C)C1(C)CCN(S(=O)(=O)CCl)CC1. The highest BCUT2D eigenvalue weighted by Crippen LogP contribution is 2.38. The van der Waals surface area contributed by atoms with E-state index in [1.165, 1.54) is 4.31 Å². The monoisotopic (exact) mass is 253 g/mol. The Kier molecular flexibility index (Phi) is 4.07. The van der Waals surface area contributed by atoms with Gasteiger partial charge in [0, 0.05) is 13.1 Å². The third-order valence-corrected chi connectivity index (χ3v) is 6.04. The molecule has 0 unspecified atom stereocenters. The number of sulfonamides is 1. The Balaban J connectivity index is 2.64. The lowest BCUT2D eigenvalue weighted by molar-refractivity contribution is 0.118. The quantitative estimate of drug-likeness (QED) is 0.724. The molecule has 0 bridgehead atoms. The van der Waals surface area contributed by atoms with E-state index in [1.807, 2.05) is 0 Å². The van der Waals surface area contributed by atoms with Gasteiger partial charge in [-0.25, -0.2) is 12.7 Å². The van der Waals surface area contributed by atoms with E-state index in [0.717, 1.165) is 12.8 Å². The summed E-state index contributed by atoms with van der Waals surface area (Å²) >= 11 is 5.43. The van der Waals surface area contributed by atoms with E-state index in [0.29, 0.717) is 19.0 Å². The van der Waals surface area contributed by atoms with Crippen molar-refractivity contribution >= 4 is 21.6 Å². The Labute approximate surface area is 97.8 Å². The molecule has 5 heteroatoms. The van der Waals surface area contributed by atoms with Gasteiger partial charge in [0.2, 0.25) is 10.0 Å². The molecule has 0 atom stereocenters. The molecule has 15 heavy (non-hydrogen) atoms. The summed E-state index contributed by atoms with van der Waals surface area (Å²) in [5.41, 5.74) is 0.276. The van der Waals surface area contributed by atoms with Gasteiger partial charge in [-0.3, -0.25) is 0 Å². The molecule has 1 saturated heterocycles. The molecule has 0 radical (unpaired) electrons. The molecule has 0 N–H and O–H groups in total. The van der Waals surface area contributed by atoms with Crippen LogP contribution in [-0.4, -0.2) is 31.0 Å². The number of nitrogens with zero attached hydrogens (tertiary/aromatic N) is 1. The van der Waals surface area contributed by atoms with Crippen LogP contribution < -0.4 is 0 Å². The third kappa shape index (κ3) is 2.86. The molecular weight excluding hydrogens is 234 g/mol. The summed E-state index contributed by atoms with van der Waals surface area (Å²) in [6.07, 6.45) is 1.86. The first kappa shape index (κ1) is 13.3. The minimum absolute atomic E-state index is 0.276. The maximum atomic E-state index is 11.5. The Morgan fingerprint density at radius 2 is 1.80 bits per heavy atom. The van der Waals surface area contributed by atoms with Gasteiger partial charge < -0.3 is 0 Å². The highest BCUT2D eigenvalue weighted by atomic mass is 35.5. The molecule has 1 aliphatic heterocycles. The van der Waals surface area contributed by atoms with Crippen LogP contribution in [0.15, 0.2) is 0 Å². The highest BCUT2D eigenvalue weighted by Gasteiger charge is 2.36. The van der Waals surface area contributed by atoms with Crippen LogP contribution in [0, 0.1) is 11.3 Å². The standard InChI is InChI=1S/C10H20ClNO2S/c1-9(2)10(3)4-6-12(7-5-10)15(13,14)8-11/h9H,4-8H2,1-3H3. The van der Waals surface area contributed by atoms with E-state index in [-0.39, 0.29) is 10.6 Å². The molecule has 0 aliphatic carbocycles. The van der Waals surface area contributed by atoms with Gasteiger partial charge in [0.25, 0.3) is 0 Å². The molecule has 1 fully saturated rings. The minimum atomic E-state index is -3.20. The zero-order chi connectivity index (χ0) is 11.7. The molecule has 1 heterocycles. The average molecular weight is 254 g/mol. The van der Waals surface area contributed by atoms with Gasteiger partial charge in [0.05, 0.1) is 0 Å². The van der Waals surface area contributed by atoms with E-state index >= 15 is 0 Å². The van der Waals surface area contributed by atoms with Gasteiger partial charge in [0.1, 0.15) is 5.21 Å². The van der Waals surface area contributed by atoms with Crippen LogP contribution in [0.3, 0.4) is 0 Å². The van der Waals surface area contributed by atoms with Gasteiger partial charge in [-0.1, -0.05) is 20.8 Å². The van der Waals surface area contributed by atoms with Crippen LogP contribution in [-0.2, 0) is 10.0 Å². The number of rotatable bonds is 3. The van der Waals surface area contributed by atoms with Gasteiger partial charge in [0.15, 0.2) is 0 Å². The summed E-state index contributed by atoms with van der Waals surface area (Å²) in [4.78, 5) is 0. The van der Waals surface area contributed by atoms with E-state index in [4.69, 9.17) is 11.6 Å². The van der Waals surface area contributed by atoms with E-state index in [2.05, 4.69) is 20.8 Å². The van der Waals surface area contributed by atoms with E-state index in [1.54, 1.807) is 0 Å². The third-order valence-electron chi connectivity index (χ3n) is 3.79.